The smallest absolute Gasteiger partial charge is 0.348 e. The quantitative estimate of drug-likeness (QED) is 0.602. The van der Waals surface area contributed by atoms with Crippen LogP contribution in [0, 0.1) is 11.7 Å². The van der Waals surface area contributed by atoms with Crippen LogP contribution in [0.2, 0.25) is 0 Å². The highest BCUT2D eigenvalue weighted by Gasteiger charge is 2.34. The van der Waals surface area contributed by atoms with Crippen LogP contribution in [0.3, 0.4) is 0 Å². The Morgan fingerprint density at radius 1 is 1.17 bits per heavy atom. The molecule has 8 heteroatoms. The second-order valence-corrected chi connectivity index (χ2v) is 6.65. The van der Waals surface area contributed by atoms with Gasteiger partial charge < -0.3 is 4.90 Å². The molecule has 0 spiro atoms. The number of halogens is 4. The molecule has 0 atom stereocenters. The number of anilines is 1. The summed E-state index contributed by atoms with van der Waals surface area (Å²) in [6.45, 7) is 0.949. The van der Waals surface area contributed by atoms with Gasteiger partial charge in [0, 0.05) is 24.6 Å². The molecule has 1 aliphatic heterocycles. The number of carbonyl (C=O) groups is 1. The van der Waals surface area contributed by atoms with Crippen molar-refractivity contribution in [3.63, 3.8) is 0 Å². The predicted molar refractivity (Wildman–Crippen MR) is 82.8 cm³/mol. The van der Waals surface area contributed by atoms with E-state index in [0.29, 0.717) is 48.0 Å². The average molecular weight is 358 g/mol. The van der Waals surface area contributed by atoms with E-state index in [2.05, 4.69) is 4.98 Å². The molecule has 1 aromatic carbocycles. The zero-order valence-electron chi connectivity index (χ0n) is 12.5. The summed E-state index contributed by atoms with van der Waals surface area (Å²) >= 11 is 0.617. The maximum Gasteiger partial charge on any atom is 0.427 e. The summed E-state index contributed by atoms with van der Waals surface area (Å²) < 4.78 is 50.8. The number of hydrogen-bond acceptors (Lipinski definition) is 4. The molecule has 0 amide bonds. The topological polar surface area (TPSA) is 33.2 Å². The summed E-state index contributed by atoms with van der Waals surface area (Å²) in [4.78, 5) is 17.3. The van der Waals surface area contributed by atoms with Crippen LogP contribution in [0.25, 0.3) is 0 Å². The number of benzene rings is 1. The third-order valence-corrected chi connectivity index (χ3v) is 5.14. The monoisotopic (exact) mass is 358 g/mol. The van der Waals surface area contributed by atoms with Gasteiger partial charge in [0.05, 0.1) is 6.20 Å². The molecule has 1 saturated heterocycles. The Labute approximate surface area is 139 Å². The highest BCUT2D eigenvalue weighted by Crippen LogP contribution is 2.37. The van der Waals surface area contributed by atoms with Crippen molar-refractivity contribution < 1.29 is 22.4 Å². The van der Waals surface area contributed by atoms with Crippen LogP contribution < -0.4 is 4.90 Å². The van der Waals surface area contributed by atoms with Crippen LogP contribution >= 0.6 is 11.3 Å². The summed E-state index contributed by atoms with van der Waals surface area (Å²) in [5.74, 6) is -0.649. The molecule has 1 aliphatic rings. The Balaban J connectivity index is 1.62. The Bertz CT molecular complexity index is 718. The van der Waals surface area contributed by atoms with Crippen molar-refractivity contribution in [3.05, 3.63) is 46.7 Å². The lowest BCUT2D eigenvalue weighted by molar-refractivity contribution is -0.134. The largest absolute Gasteiger partial charge is 0.427 e. The van der Waals surface area contributed by atoms with Gasteiger partial charge in [0.2, 0.25) is 0 Å². The average Bonchev–Trinajstić information content (AvgIpc) is 3.05. The van der Waals surface area contributed by atoms with E-state index in [9.17, 15) is 22.4 Å². The zero-order valence-corrected chi connectivity index (χ0v) is 13.3. The first-order chi connectivity index (χ1) is 11.3. The van der Waals surface area contributed by atoms with Crippen LogP contribution in [0.1, 0.15) is 28.1 Å². The number of nitrogens with zero attached hydrogens (tertiary/aromatic N) is 2. The van der Waals surface area contributed by atoms with Crippen molar-refractivity contribution in [2.75, 3.05) is 18.0 Å². The SMILES string of the molecule is O=C(c1ccc(F)cc1)C1CCN(c2ncc(C(F)(F)F)s2)CC1. The lowest BCUT2D eigenvalue weighted by atomic mass is 9.89. The summed E-state index contributed by atoms with van der Waals surface area (Å²) in [7, 11) is 0. The van der Waals surface area contributed by atoms with E-state index in [0.717, 1.165) is 6.20 Å². The maximum atomic E-state index is 12.9. The third-order valence-electron chi connectivity index (χ3n) is 4.04. The second-order valence-electron chi connectivity index (χ2n) is 5.64. The molecule has 0 N–H and O–H groups in total. The van der Waals surface area contributed by atoms with Gasteiger partial charge >= 0.3 is 6.18 Å². The van der Waals surface area contributed by atoms with Crippen LogP contribution in [-0.2, 0) is 6.18 Å². The van der Waals surface area contributed by atoms with E-state index in [-0.39, 0.29) is 11.7 Å². The first kappa shape index (κ1) is 16.9. The van der Waals surface area contributed by atoms with Gasteiger partial charge in [-0.25, -0.2) is 9.37 Å². The van der Waals surface area contributed by atoms with Gasteiger partial charge in [-0.2, -0.15) is 13.2 Å². The van der Waals surface area contributed by atoms with Crippen molar-refractivity contribution in [2.24, 2.45) is 5.92 Å². The number of piperidine rings is 1. The van der Waals surface area contributed by atoms with Crippen molar-refractivity contribution in [1.29, 1.82) is 0 Å². The van der Waals surface area contributed by atoms with E-state index in [1.807, 2.05) is 0 Å². The summed E-state index contributed by atoms with van der Waals surface area (Å²) in [5, 5.41) is 0.329. The molecular formula is C16H14F4N2OS. The van der Waals surface area contributed by atoms with Crippen LogP contribution in [0.5, 0.6) is 0 Å². The number of Topliss-reactive ketones (excluding diaryl/α,β-unsaturated/α-hetero) is 1. The van der Waals surface area contributed by atoms with E-state index in [4.69, 9.17) is 0 Å². The van der Waals surface area contributed by atoms with Gasteiger partial charge in [-0.15, -0.1) is 0 Å². The molecule has 1 fully saturated rings. The minimum absolute atomic E-state index is 0.0511. The summed E-state index contributed by atoms with van der Waals surface area (Å²) in [6.07, 6.45) is -2.46. The molecule has 24 heavy (non-hydrogen) atoms. The maximum absolute atomic E-state index is 12.9. The molecule has 0 saturated carbocycles. The summed E-state index contributed by atoms with van der Waals surface area (Å²) in [6, 6.07) is 5.41. The molecule has 3 rings (SSSR count). The van der Waals surface area contributed by atoms with Gasteiger partial charge in [-0.1, -0.05) is 11.3 Å². The van der Waals surface area contributed by atoms with Crippen molar-refractivity contribution in [1.82, 2.24) is 4.98 Å². The Morgan fingerprint density at radius 2 is 1.79 bits per heavy atom. The minimum Gasteiger partial charge on any atom is -0.348 e. The fourth-order valence-corrected chi connectivity index (χ4v) is 3.56. The van der Waals surface area contributed by atoms with Crippen molar-refractivity contribution >= 4 is 22.3 Å². The fourth-order valence-electron chi connectivity index (χ4n) is 2.72. The number of ketones is 1. The van der Waals surface area contributed by atoms with Gasteiger partial charge in [-0.05, 0) is 37.1 Å². The van der Waals surface area contributed by atoms with Gasteiger partial charge in [-0.3, -0.25) is 4.79 Å². The van der Waals surface area contributed by atoms with Gasteiger partial charge in [0.1, 0.15) is 10.7 Å². The van der Waals surface area contributed by atoms with Crippen LogP contribution in [0.4, 0.5) is 22.7 Å². The Hall–Kier alpha value is -1.96. The standard InChI is InChI=1S/C16H14F4N2OS/c17-12-3-1-10(2-4-12)14(23)11-5-7-22(8-6-11)15-21-9-13(24-15)16(18,19)20/h1-4,9,11H,5-8H2. The fraction of sp³-hybridized carbons (Fsp3) is 0.375. The molecule has 0 aliphatic carbocycles. The highest BCUT2D eigenvalue weighted by molar-refractivity contribution is 7.15. The van der Waals surface area contributed by atoms with E-state index in [1.54, 1.807) is 4.90 Å². The lowest BCUT2D eigenvalue weighted by Crippen LogP contribution is -2.36. The van der Waals surface area contributed by atoms with E-state index >= 15 is 0 Å². The molecule has 128 valence electrons. The Morgan fingerprint density at radius 3 is 2.33 bits per heavy atom. The minimum atomic E-state index is -4.38. The number of alkyl halides is 3. The first-order valence-electron chi connectivity index (χ1n) is 7.42. The van der Waals surface area contributed by atoms with E-state index in [1.165, 1.54) is 24.3 Å². The lowest BCUT2D eigenvalue weighted by Gasteiger charge is -2.31. The molecular weight excluding hydrogens is 344 g/mol. The van der Waals surface area contributed by atoms with Gasteiger partial charge in [0.15, 0.2) is 10.9 Å². The number of thiazole rings is 1. The second kappa shape index (κ2) is 6.51. The third kappa shape index (κ3) is 3.58. The first-order valence-corrected chi connectivity index (χ1v) is 8.24. The molecule has 2 heterocycles. The Kier molecular flexibility index (Phi) is 4.58. The molecule has 1 aromatic heterocycles. The summed E-state index contributed by atoms with van der Waals surface area (Å²) in [5.41, 5.74) is 0.462. The molecule has 2 aromatic rings. The van der Waals surface area contributed by atoms with Gasteiger partial charge in [0.25, 0.3) is 0 Å². The zero-order chi connectivity index (χ0) is 17.3. The van der Waals surface area contributed by atoms with E-state index < -0.39 is 16.9 Å². The molecule has 3 nitrogen and oxygen atoms in total. The van der Waals surface area contributed by atoms with Crippen LogP contribution in [0.15, 0.2) is 30.5 Å². The van der Waals surface area contributed by atoms with Crippen LogP contribution in [-0.4, -0.2) is 23.9 Å². The molecule has 0 unspecified atom stereocenters. The number of rotatable bonds is 3. The molecule has 0 radical (unpaired) electrons. The highest BCUT2D eigenvalue weighted by atomic mass is 32.1. The predicted octanol–water partition coefficient (Wildman–Crippen LogP) is 4.40. The molecule has 0 bridgehead atoms. The normalized spacial score (nSPS) is 16.4. The van der Waals surface area contributed by atoms with Crippen molar-refractivity contribution in [2.45, 2.75) is 19.0 Å². The number of hydrogen-bond donors (Lipinski definition) is 0. The van der Waals surface area contributed by atoms with Crippen molar-refractivity contribution in [3.8, 4) is 0 Å². The number of carbonyl (C=O) groups excluding carboxylic acids is 1. The number of aromatic nitrogens is 1.